The average Bonchev–Trinajstić information content (AvgIpc) is 2.51. The summed E-state index contributed by atoms with van der Waals surface area (Å²) in [6.45, 7) is 2.76. The van der Waals surface area contributed by atoms with Crippen LogP contribution in [0.15, 0.2) is 0 Å². The first-order valence-electron chi connectivity index (χ1n) is 5.12. The molecule has 0 aliphatic carbocycles. The minimum Gasteiger partial charge on any atom is -0.320 e. The van der Waals surface area contributed by atoms with E-state index >= 15 is 0 Å². The van der Waals surface area contributed by atoms with Crippen LogP contribution in [0.25, 0.3) is 0 Å². The van der Waals surface area contributed by atoms with Crippen molar-refractivity contribution in [2.45, 2.75) is 38.3 Å². The number of alkyl halides is 2. The molecule has 0 spiro atoms. The summed E-state index contributed by atoms with van der Waals surface area (Å²) in [5.74, 6) is -3.69. The Hall–Kier alpha value is -1.22. The number of hydrogen-bond donors (Lipinski definition) is 1. The second-order valence-corrected chi connectivity index (χ2v) is 4.44. The van der Waals surface area contributed by atoms with Crippen LogP contribution in [0.5, 0.6) is 0 Å². The van der Waals surface area contributed by atoms with Gasteiger partial charge in [-0.25, -0.2) is 8.78 Å². The molecule has 1 rings (SSSR count). The lowest BCUT2D eigenvalue weighted by Gasteiger charge is -2.24. The van der Waals surface area contributed by atoms with Crippen LogP contribution in [0.4, 0.5) is 8.78 Å². The van der Waals surface area contributed by atoms with Crippen molar-refractivity contribution in [2.75, 3.05) is 6.54 Å². The van der Waals surface area contributed by atoms with Crippen LogP contribution in [-0.4, -0.2) is 35.4 Å². The maximum absolute atomic E-state index is 13.1. The Labute approximate surface area is 93.0 Å². The molecular weight excluding hydrogens is 216 g/mol. The number of nitrogens with two attached hydrogens (primary N) is 1. The topological polar surface area (TPSA) is 70.1 Å². The lowest BCUT2D eigenvalue weighted by molar-refractivity contribution is -0.134. The number of nitriles is 1. The molecule has 1 amide bonds. The molecule has 0 radical (unpaired) electrons. The van der Waals surface area contributed by atoms with E-state index in [2.05, 4.69) is 0 Å². The molecule has 4 nitrogen and oxygen atoms in total. The molecule has 1 unspecified atom stereocenters. The summed E-state index contributed by atoms with van der Waals surface area (Å²) < 4.78 is 26.1. The molecule has 2 N–H and O–H groups in total. The van der Waals surface area contributed by atoms with Gasteiger partial charge in [0.15, 0.2) is 0 Å². The molecule has 1 aliphatic heterocycles. The van der Waals surface area contributed by atoms with Gasteiger partial charge in [-0.3, -0.25) is 4.79 Å². The first-order valence-corrected chi connectivity index (χ1v) is 5.12. The van der Waals surface area contributed by atoms with Crippen molar-refractivity contribution in [3.63, 3.8) is 0 Å². The highest BCUT2D eigenvalue weighted by Gasteiger charge is 2.48. The number of carbonyl (C=O) groups excluding carboxylic acids is 1. The van der Waals surface area contributed by atoms with Gasteiger partial charge in [-0.05, 0) is 5.92 Å². The monoisotopic (exact) mass is 231 g/mol. The smallest absolute Gasteiger partial charge is 0.268 e. The molecule has 0 aromatic carbocycles. The Morgan fingerprint density at radius 3 is 2.62 bits per heavy atom. The second-order valence-electron chi connectivity index (χ2n) is 4.44. The molecule has 2 atom stereocenters. The average molecular weight is 231 g/mol. The Bertz CT molecular complexity index is 325. The van der Waals surface area contributed by atoms with Gasteiger partial charge in [0.2, 0.25) is 5.91 Å². The fraction of sp³-hybridized carbons (Fsp3) is 0.800. The predicted octanol–water partition coefficient (Wildman–Crippen LogP) is 0.729. The molecule has 90 valence electrons. The third-order valence-corrected chi connectivity index (χ3v) is 2.71. The first kappa shape index (κ1) is 12.8. The second kappa shape index (κ2) is 4.34. The summed E-state index contributed by atoms with van der Waals surface area (Å²) in [7, 11) is 0. The SMILES string of the molecule is CC(C)C(N)C(=O)N1CC(F)(F)C[C@H]1C#N. The van der Waals surface area contributed by atoms with Crippen molar-refractivity contribution in [3.05, 3.63) is 0 Å². The highest BCUT2D eigenvalue weighted by Crippen LogP contribution is 2.32. The molecule has 0 bridgehead atoms. The van der Waals surface area contributed by atoms with E-state index in [4.69, 9.17) is 11.0 Å². The Morgan fingerprint density at radius 1 is 1.62 bits per heavy atom. The Balaban J connectivity index is 2.81. The van der Waals surface area contributed by atoms with E-state index in [1.165, 1.54) is 0 Å². The highest BCUT2D eigenvalue weighted by molar-refractivity contribution is 5.83. The quantitative estimate of drug-likeness (QED) is 0.761. The highest BCUT2D eigenvalue weighted by atomic mass is 19.3. The largest absolute Gasteiger partial charge is 0.320 e. The fourth-order valence-electron chi connectivity index (χ4n) is 1.64. The minimum atomic E-state index is -2.98. The van der Waals surface area contributed by atoms with E-state index in [9.17, 15) is 13.6 Å². The van der Waals surface area contributed by atoms with Gasteiger partial charge < -0.3 is 10.6 Å². The summed E-state index contributed by atoms with van der Waals surface area (Å²) >= 11 is 0. The fourth-order valence-corrected chi connectivity index (χ4v) is 1.64. The Morgan fingerprint density at radius 2 is 2.19 bits per heavy atom. The van der Waals surface area contributed by atoms with Gasteiger partial charge in [0, 0.05) is 6.42 Å². The van der Waals surface area contributed by atoms with Crippen LogP contribution in [0.3, 0.4) is 0 Å². The van der Waals surface area contributed by atoms with Crippen molar-refractivity contribution in [2.24, 2.45) is 11.7 Å². The zero-order valence-electron chi connectivity index (χ0n) is 9.28. The lowest BCUT2D eigenvalue weighted by atomic mass is 10.0. The zero-order valence-corrected chi connectivity index (χ0v) is 9.28. The van der Waals surface area contributed by atoms with Gasteiger partial charge in [0.1, 0.15) is 6.04 Å². The third-order valence-electron chi connectivity index (χ3n) is 2.71. The summed E-state index contributed by atoms with van der Waals surface area (Å²) in [4.78, 5) is 12.7. The van der Waals surface area contributed by atoms with E-state index in [-0.39, 0.29) is 5.92 Å². The minimum absolute atomic E-state index is 0.138. The summed E-state index contributed by atoms with van der Waals surface area (Å²) in [6, 6.07) is -0.178. The van der Waals surface area contributed by atoms with Crippen LogP contribution >= 0.6 is 0 Å². The van der Waals surface area contributed by atoms with Gasteiger partial charge >= 0.3 is 0 Å². The van der Waals surface area contributed by atoms with E-state index in [1.54, 1.807) is 19.9 Å². The van der Waals surface area contributed by atoms with E-state index in [0.29, 0.717) is 0 Å². The molecule has 1 fully saturated rings. The molecule has 0 saturated carbocycles. The van der Waals surface area contributed by atoms with E-state index in [0.717, 1.165) is 4.90 Å². The number of amides is 1. The molecule has 0 aromatic rings. The molecule has 16 heavy (non-hydrogen) atoms. The van der Waals surface area contributed by atoms with Gasteiger partial charge in [-0.1, -0.05) is 13.8 Å². The van der Waals surface area contributed by atoms with Crippen molar-refractivity contribution < 1.29 is 13.6 Å². The van der Waals surface area contributed by atoms with Gasteiger partial charge in [0.25, 0.3) is 5.92 Å². The zero-order chi connectivity index (χ0) is 12.5. The summed E-state index contributed by atoms with van der Waals surface area (Å²) in [5.41, 5.74) is 5.60. The molecule has 1 heterocycles. The van der Waals surface area contributed by atoms with Crippen LogP contribution in [0.2, 0.25) is 0 Å². The summed E-state index contributed by atoms with van der Waals surface area (Å²) in [5, 5.41) is 8.72. The lowest BCUT2D eigenvalue weighted by Crippen LogP contribution is -2.48. The number of halogens is 2. The number of rotatable bonds is 2. The van der Waals surface area contributed by atoms with Gasteiger partial charge in [-0.2, -0.15) is 5.26 Å². The number of hydrogen-bond acceptors (Lipinski definition) is 3. The number of carbonyl (C=O) groups is 1. The third kappa shape index (κ3) is 2.47. The van der Waals surface area contributed by atoms with Crippen molar-refractivity contribution in [1.29, 1.82) is 5.26 Å². The molecular formula is C10H15F2N3O. The first-order chi connectivity index (χ1) is 7.28. The number of likely N-dealkylation sites (tertiary alicyclic amines) is 1. The Kier molecular flexibility index (Phi) is 3.48. The van der Waals surface area contributed by atoms with E-state index in [1.807, 2.05) is 0 Å². The van der Waals surface area contributed by atoms with Crippen LogP contribution in [0, 0.1) is 17.2 Å². The van der Waals surface area contributed by atoms with Gasteiger partial charge in [0.05, 0.1) is 18.7 Å². The normalized spacial score (nSPS) is 25.6. The molecule has 1 saturated heterocycles. The van der Waals surface area contributed by atoms with Crippen molar-refractivity contribution >= 4 is 5.91 Å². The maximum Gasteiger partial charge on any atom is 0.268 e. The molecule has 6 heteroatoms. The standard InChI is InChI=1S/C10H15F2N3O/c1-6(2)8(14)9(16)15-5-10(11,12)3-7(15)4-13/h6-8H,3,5,14H2,1-2H3/t7-,8?/m0/s1. The van der Waals surface area contributed by atoms with Crippen molar-refractivity contribution in [1.82, 2.24) is 4.90 Å². The van der Waals surface area contributed by atoms with Gasteiger partial charge in [-0.15, -0.1) is 0 Å². The summed E-state index contributed by atoms with van der Waals surface area (Å²) in [6.07, 6.45) is -0.597. The van der Waals surface area contributed by atoms with Crippen molar-refractivity contribution in [3.8, 4) is 6.07 Å². The number of nitrogens with zero attached hydrogens (tertiary/aromatic N) is 2. The van der Waals surface area contributed by atoms with E-state index < -0.39 is 36.9 Å². The predicted molar refractivity (Wildman–Crippen MR) is 53.5 cm³/mol. The maximum atomic E-state index is 13.1. The molecule has 1 aliphatic rings. The molecule has 0 aromatic heterocycles. The van der Waals surface area contributed by atoms with Crippen LogP contribution in [0.1, 0.15) is 20.3 Å². The van der Waals surface area contributed by atoms with Crippen LogP contribution in [-0.2, 0) is 4.79 Å². The van der Waals surface area contributed by atoms with Crippen LogP contribution < -0.4 is 5.73 Å².